The number of furan rings is 1. The molecule has 7 nitrogen and oxygen atoms in total. The number of thiocarbonyl (C=S) groups is 1. The first-order valence-electron chi connectivity index (χ1n) is 8.92. The third-order valence-corrected chi connectivity index (χ3v) is 5.49. The normalized spacial score (nSPS) is 10.3. The molecule has 0 saturated heterocycles. The van der Waals surface area contributed by atoms with Crippen LogP contribution in [-0.2, 0) is 11.2 Å². The number of rotatable bonds is 6. The van der Waals surface area contributed by atoms with Crippen molar-refractivity contribution in [1.82, 2.24) is 10.9 Å². The van der Waals surface area contributed by atoms with E-state index in [4.69, 9.17) is 21.4 Å². The van der Waals surface area contributed by atoms with E-state index in [1.807, 2.05) is 30.3 Å². The van der Waals surface area contributed by atoms with Crippen LogP contribution in [0.15, 0.2) is 57.6 Å². The Bertz CT molecular complexity index is 1050. The Morgan fingerprint density at radius 2 is 1.93 bits per heavy atom. The van der Waals surface area contributed by atoms with Crippen LogP contribution in [0.2, 0.25) is 0 Å². The predicted octanol–water partition coefficient (Wildman–Crippen LogP) is 4.50. The van der Waals surface area contributed by atoms with Gasteiger partial charge in [-0.3, -0.25) is 15.6 Å². The molecule has 0 spiro atoms. The standard InChI is InChI=1S/C20H18BrN3O4S2/c1-2-27-19(26)14-11-13(10-12-6-4-3-5-7-12)30-18(14)22-20(29)24-23-17(25)15-8-9-16(21)28-15/h3-9,11H,2,10H2,1H3,(H,23,25)(H2,22,24,29). The van der Waals surface area contributed by atoms with Crippen molar-refractivity contribution in [3.8, 4) is 0 Å². The van der Waals surface area contributed by atoms with Crippen molar-refractivity contribution < 1.29 is 18.7 Å². The Hall–Kier alpha value is -2.69. The van der Waals surface area contributed by atoms with Crippen LogP contribution >= 0.6 is 39.5 Å². The van der Waals surface area contributed by atoms with E-state index >= 15 is 0 Å². The van der Waals surface area contributed by atoms with Gasteiger partial charge in [-0.25, -0.2) is 4.79 Å². The van der Waals surface area contributed by atoms with Gasteiger partial charge in [0.1, 0.15) is 5.00 Å². The first kappa shape index (κ1) is 22.0. The second-order valence-corrected chi connectivity index (χ2v) is 8.30. The van der Waals surface area contributed by atoms with Crippen molar-refractivity contribution in [2.45, 2.75) is 13.3 Å². The lowest BCUT2D eigenvalue weighted by molar-refractivity contribution is 0.0528. The molecule has 3 aromatic rings. The Morgan fingerprint density at radius 3 is 2.60 bits per heavy atom. The number of thiophene rings is 1. The minimum atomic E-state index is -0.494. The van der Waals surface area contributed by atoms with E-state index in [1.165, 1.54) is 17.4 Å². The molecule has 2 heterocycles. The van der Waals surface area contributed by atoms with Crippen molar-refractivity contribution in [3.63, 3.8) is 0 Å². The minimum Gasteiger partial charge on any atom is -0.462 e. The summed E-state index contributed by atoms with van der Waals surface area (Å²) in [5.74, 6) is -0.820. The highest BCUT2D eigenvalue weighted by atomic mass is 79.9. The van der Waals surface area contributed by atoms with E-state index < -0.39 is 11.9 Å². The fraction of sp³-hybridized carbons (Fsp3) is 0.150. The highest BCUT2D eigenvalue weighted by Crippen LogP contribution is 2.30. The molecule has 0 bridgehead atoms. The topological polar surface area (TPSA) is 92.6 Å². The van der Waals surface area contributed by atoms with Gasteiger partial charge in [0, 0.05) is 11.3 Å². The maximum absolute atomic E-state index is 12.4. The van der Waals surface area contributed by atoms with Crippen LogP contribution in [0, 0.1) is 0 Å². The first-order chi connectivity index (χ1) is 14.5. The van der Waals surface area contributed by atoms with E-state index in [0.717, 1.165) is 10.4 Å². The average molecular weight is 508 g/mol. The van der Waals surface area contributed by atoms with E-state index in [-0.39, 0.29) is 17.5 Å². The van der Waals surface area contributed by atoms with Gasteiger partial charge in [-0.05, 0) is 58.8 Å². The van der Waals surface area contributed by atoms with Crippen molar-refractivity contribution in [2.75, 3.05) is 11.9 Å². The van der Waals surface area contributed by atoms with Crippen molar-refractivity contribution in [2.24, 2.45) is 0 Å². The van der Waals surface area contributed by atoms with Crippen LogP contribution in [0.1, 0.15) is 38.3 Å². The van der Waals surface area contributed by atoms with Crippen molar-refractivity contribution in [1.29, 1.82) is 0 Å². The quantitative estimate of drug-likeness (QED) is 0.257. The van der Waals surface area contributed by atoms with Crippen LogP contribution in [0.5, 0.6) is 0 Å². The number of nitrogens with one attached hydrogen (secondary N) is 3. The molecule has 0 saturated carbocycles. The van der Waals surface area contributed by atoms with Gasteiger partial charge in [-0.2, -0.15) is 0 Å². The monoisotopic (exact) mass is 507 g/mol. The summed E-state index contributed by atoms with van der Waals surface area (Å²) in [7, 11) is 0. The number of hydrogen-bond acceptors (Lipinski definition) is 6. The van der Waals surface area contributed by atoms with Crippen LogP contribution in [-0.4, -0.2) is 23.6 Å². The molecule has 0 radical (unpaired) electrons. The molecule has 0 aliphatic heterocycles. The lowest BCUT2D eigenvalue weighted by Gasteiger charge is -2.10. The molecular weight excluding hydrogens is 490 g/mol. The zero-order chi connectivity index (χ0) is 21.5. The Morgan fingerprint density at radius 1 is 1.17 bits per heavy atom. The van der Waals surface area contributed by atoms with Crippen LogP contribution < -0.4 is 16.2 Å². The second-order valence-electron chi connectivity index (χ2n) is 5.98. The molecule has 30 heavy (non-hydrogen) atoms. The number of hydrazine groups is 1. The summed E-state index contributed by atoms with van der Waals surface area (Å²) in [5, 5.41) is 3.60. The van der Waals surface area contributed by atoms with Crippen LogP contribution in [0.3, 0.4) is 0 Å². The zero-order valence-electron chi connectivity index (χ0n) is 15.9. The van der Waals surface area contributed by atoms with Gasteiger partial charge in [0.2, 0.25) is 0 Å². The van der Waals surface area contributed by atoms with Gasteiger partial charge < -0.3 is 14.5 Å². The van der Waals surface area contributed by atoms with E-state index in [1.54, 1.807) is 19.1 Å². The summed E-state index contributed by atoms with van der Waals surface area (Å²) in [5.41, 5.74) is 6.54. The summed E-state index contributed by atoms with van der Waals surface area (Å²) < 4.78 is 10.8. The molecule has 0 aliphatic rings. The Labute approximate surface area is 190 Å². The molecule has 3 rings (SSSR count). The van der Waals surface area contributed by atoms with Gasteiger partial charge in [-0.15, -0.1) is 11.3 Å². The third kappa shape index (κ3) is 5.91. The molecular formula is C20H18BrN3O4S2. The molecule has 0 fully saturated rings. The minimum absolute atomic E-state index is 0.116. The van der Waals surface area contributed by atoms with E-state index in [9.17, 15) is 9.59 Å². The number of esters is 1. The molecule has 1 aromatic carbocycles. The molecule has 156 valence electrons. The number of anilines is 1. The van der Waals surface area contributed by atoms with Crippen molar-refractivity contribution in [3.05, 3.63) is 75.0 Å². The van der Waals surface area contributed by atoms with E-state index in [2.05, 4.69) is 32.1 Å². The van der Waals surface area contributed by atoms with Gasteiger partial charge in [0.05, 0.1) is 12.2 Å². The number of benzene rings is 1. The molecule has 0 atom stereocenters. The van der Waals surface area contributed by atoms with Gasteiger partial charge in [0.15, 0.2) is 15.5 Å². The maximum atomic E-state index is 12.4. The first-order valence-corrected chi connectivity index (χ1v) is 10.9. The number of halogens is 1. The summed E-state index contributed by atoms with van der Waals surface area (Å²) in [6.07, 6.45) is 0.671. The average Bonchev–Trinajstić information content (AvgIpc) is 3.33. The van der Waals surface area contributed by atoms with Gasteiger partial charge in [-0.1, -0.05) is 30.3 Å². The van der Waals surface area contributed by atoms with Crippen LogP contribution in [0.4, 0.5) is 5.00 Å². The summed E-state index contributed by atoms with van der Waals surface area (Å²) in [6.45, 7) is 2.01. The highest BCUT2D eigenvalue weighted by molar-refractivity contribution is 9.10. The summed E-state index contributed by atoms with van der Waals surface area (Å²) >= 11 is 9.77. The lowest BCUT2D eigenvalue weighted by atomic mass is 10.1. The SMILES string of the molecule is CCOC(=O)c1cc(Cc2ccccc2)sc1NC(=S)NNC(=O)c1ccc(Br)o1. The molecule has 0 unspecified atom stereocenters. The van der Waals surface area contributed by atoms with Crippen molar-refractivity contribution >= 4 is 61.5 Å². The molecule has 3 N–H and O–H groups in total. The molecule has 0 aliphatic carbocycles. The van der Waals surface area contributed by atoms with E-state index in [0.29, 0.717) is 21.7 Å². The number of hydrogen-bond donors (Lipinski definition) is 3. The second kappa shape index (κ2) is 10.4. The summed E-state index contributed by atoms with van der Waals surface area (Å²) in [4.78, 5) is 25.4. The van der Waals surface area contributed by atoms with Gasteiger partial charge >= 0.3 is 11.9 Å². The zero-order valence-corrected chi connectivity index (χ0v) is 19.1. The molecule has 1 amide bonds. The van der Waals surface area contributed by atoms with Gasteiger partial charge in [0.25, 0.3) is 0 Å². The predicted molar refractivity (Wildman–Crippen MR) is 123 cm³/mol. The largest absolute Gasteiger partial charge is 0.462 e. The fourth-order valence-electron chi connectivity index (χ4n) is 2.53. The smallest absolute Gasteiger partial charge is 0.341 e. The summed E-state index contributed by atoms with van der Waals surface area (Å²) in [6, 6.07) is 14.8. The Kier molecular flexibility index (Phi) is 7.61. The highest BCUT2D eigenvalue weighted by Gasteiger charge is 2.19. The molecule has 10 heteroatoms. The van der Waals surface area contributed by atoms with Crippen LogP contribution in [0.25, 0.3) is 0 Å². The molecule has 2 aromatic heterocycles. The third-order valence-electron chi connectivity index (χ3n) is 3.81. The maximum Gasteiger partial charge on any atom is 0.341 e. The number of carbonyl (C=O) groups is 2. The lowest BCUT2D eigenvalue weighted by Crippen LogP contribution is -2.43. The number of amides is 1. The number of carbonyl (C=O) groups excluding carboxylic acids is 2. The Balaban J connectivity index is 1.68. The fourth-order valence-corrected chi connectivity index (χ4v) is 4.13. The number of ether oxygens (including phenoxy) is 1.